The average Bonchev–Trinajstić information content (AvgIpc) is 2.42. The summed E-state index contributed by atoms with van der Waals surface area (Å²) in [5, 5.41) is 11.5. The van der Waals surface area contributed by atoms with Crippen molar-refractivity contribution in [3.8, 4) is 6.07 Å². The summed E-state index contributed by atoms with van der Waals surface area (Å²) in [6, 6.07) is 3.74. The van der Waals surface area contributed by atoms with Gasteiger partial charge in [-0.2, -0.15) is 18.4 Å². The van der Waals surface area contributed by atoms with Gasteiger partial charge < -0.3 is 5.32 Å². The van der Waals surface area contributed by atoms with Gasteiger partial charge >= 0.3 is 6.18 Å². The van der Waals surface area contributed by atoms with Crippen molar-refractivity contribution in [1.82, 2.24) is 10.3 Å². The molecule has 112 valence electrons. The highest BCUT2D eigenvalue weighted by Crippen LogP contribution is 2.28. The molecule has 21 heavy (non-hydrogen) atoms. The van der Waals surface area contributed by atoms with Crippen molar-refractivity contribution in [3.05, 3.63) is 34.7 Å². The van der Waals surface area contributed by atoms with Crippen LogP contribution in [0, 0.1) is 18.3 Å². The largest absolute Gasteiger partial charge is 0.433 e. The Morgan fingerprint density at radius 2 is 2.14 bits per heavy atom. The van der Waals surface area contributed by atoms with E-state index in [1.54, 1.807) is 6.07 Å². The number of nitriles is 1. The first-order valence-electron chi connectivity index (χ1n) is 6.24. The van der Waals surface area contributed by atoms with Gasteiger partial charge in [-0.1, -0.05) is 13.0 Å². The molecular weight excluding hydrogens is 283 g/mol. The molecule has 0 aromatic carbocycles. The van der Waals surface area contributed by atoms with E-state index in [0.29, 0.717) is 18.5 Å². The summed E-state index contributed by atoms with van der Waals surface area (Å²) in [5.41, 5.74) is -0.786. The summed E-state index contributed by atoms with van der Waals surface area (Å²) in [4.78, 5) is 15.1. The first-order valence-corrected chi connectivity index (χ1v) is 6.24. The fraction of sp³-hybridized carbons (Fsp3) is 0.357. The zero-order chi connectivity index (χ0) is 16.0. The van der Waals surface area contributed by atoms with Gasteiger partial charge in [-0.25, -0.2) is 4.98 Å². The molecule has 0 saturated heterocycles. The average molecular weight is 297 g/mol. The highest BCUT2D eigenvalue weighted by Gasteiger charge is 2.32. The molecule has 0 unspecified atom stereocenters. The molecule has 1 aromatic rings. The van der Waals surface area contributed by atoms with Gasteiger partial charge in [0.25, 0.3) is 5.91 Å². The van der Waals surface area contributed by atoms with Gasteiger partial charge in [0.15, 0.2) is 0 Å². The fourth-order valence-electron chi connectivity index (χ4n) is 1.52. The summed E-state index contributed by atoms with van der Waals surface area (Å²) < 4.78 is 37.5. The van der Waals surface area contributed by atoms with Crippen molar-refractivity contribution in [3.63, 3.8) is 0 Å². The molecule has 0 aliphatic rings. The molecule has 1 N–H and O–H groups in total. The second-order valence-corrected chi connectivity index (χ2v) is 4.29. The van der Waals surface area contributed by atoms with Crippen molar-refractivity contribution >= 4 is 12.0 Å². The highest BCUT2D eigenvalue weighted by molar-refractivity contribution is 6.01. The van der Waals surface area contributed by atoms with Gasteiger partial charge in [0.05, 0.1) is 0 Å². The van der Waals surface area contributed by atoms with Gasteiger partial charge in [-0.3, -0.25) is 4.79 Å². The molecule has 1 amide bonds. The van der Waals surface area contributed by atoms with Crippen LogP contribution in [0.3, 0.4) is 0 Å². The number of hydrogen-bond donors (Lipinski definition) is 1. The summed E-state index contributed by atoms with van der Waals surface area (Å²) in [5.74, 6) is -0.557. The summed E-state index contributed by atoms with van der Waals surface area (Å²) in [6.45, 7) is 3.67. The van der Waals surface area contributed by atoms with E-state index in [4.69, 9.17) is 5.26 Å². The Bertz CT molecular complexity index is 600. The number of alkyl halides is 3. The van der Waals surface area contributed by atoms with Crippen molar-refractivity contribution < 1.29 is 18.0 Å². The molecule has 0 spiro atoms. The van der Waals surface area contributed by atoms with Gasteiger partial charge in [0.2, 0.25) is 0 Å². The quantitative estimate of drug-likeness (QED) is 0.686. The molecule has 7 heteroatoms. The number of nitrogens with zero attached hydrogens (tertiary/aromatic N) is 2. The minimum Gasteiger partial charge on any atom is -0.351 e. The Labute approximate surface area is 120 Å². The molecule has 1 heterocycles. The third kappa shape index (κ3) is 4.60. The molecule has 0 bridgehead atoms. The number of nitrogens with one attached hydrogen (secondary N) is 1. The SMILES string of the molecule is CCCNC(=O)/C(C#N)=C/c1ccc(C(F)(F)F)nc1C. The molecule has 0 saturated carbocycles. The molecule has 0 radical (unpaired) electrons. The Kier molecular flexibility index (Phi) is 5.47. The third-order valence-electron chi connectivity index (χ3n) is 2.62. The zero-order valence-corrected chi connectivity index (χ0v) is 11.6. The van der Waals surface area contributed by atoms with Gasteiger partial charge in [-0.15, -0.1) is 0 Å². The smallest absolute Gasteiger partial charge is 0.351 e. The maximum atomic E-state index is 12.5. The number of carbonyl (C=O) groups excluding carboxylic acids is 1. The summed E-state index contributed by atoms with van der Waals surface area (Å²) in [7, 11) is 0. The first-order chi connectivity index (χ1) is 9.79. The molecule has 0 atom stereocenters. The number of aromatic nitrogens is 1. The monoisotopic (exact) mass is 297 g/mol. The first kappa shape index (κ1) is 16.7. The summed E-state index contributed by atoms with van der Waals surface area (Å²) in [6.07, 6.45) is -2.58. The second-order valence-electron chi connectivity index (χ2n) is 4.29. The number of amides is 1. The normalized spacial score (nSPS) is 11.9. The Morgan fingerprint density at radius 1 is 1.48 bits per heavy atom. The third-order valence-corrected chi connectivity index (χ3v) is 2.62. The zero-order valence-electron chi connectivity index (χ0n) is 11.6. The van der Waals surface area contributed by atoms with Crippen LogP contribution in [0.4, 0.5) is 13.2 Å². The van der Waals surface area contributed by atoms with E-state index in [2.05, 4.69) is 10.3 Å². The Hall–Kier alpha value is -2.36. The number of carbonyl (C=O) groups is 1. The minimum atomic E-state index is -4.52. The van der Waals surface area contributed by atoms with Crippen LogP contribution >= 0.6 is 0 Å². The molecule has 1 aromatic heterocycles. The Balaban J connectivity index is 3.08. The van der Waals surface area contributed by atoms with E-state index in [1.165, 1.54) is 19.1 Å². The lowest BCUT2D eigenvalue weighted by Crippen LogP contribution is -2.25. The van der Waals surface area contributed by atoms with E-state index >= 15 is 0 Å². The standard InChI is InChI=1S/C14H14F3N3O/c1-3-6-19-13(21)11(8-18)7-10-4-5-12(14(15,16)17)20-9(10)2/h4-5,7H,3,6H2,1-2H3,(H,19,21)/b11-7+. The van der Waals surface area contributed by atoms with Crippen LogP contribution in [0.15, 0.2) is 17.7 Å². The van der Waals surface area contributed by atoms with Crippen LogP contribution in [-0.2, 0) is 11.0 Å². The van der Waals surface area contributed by atoms with Crippen molar-refractivity contribution in [2.45, 2.75) is 26.4 Å². The van der Waals surface area contributed by atoms with Crippen LogP contribution in [0.1, 0.15) is 30.3 Å². The lowest BCUT2D eigenvalue weighted by molar-refractivity contribution is -0.141. The highest BCUT2D eigenvalue weighted by atomic mass is 19.4. The maximum absolute atomic E-state index is 12.5. The fourth-order valence-corrected chi connectivity index (χ4v) is 1.52. The molecule has 1 rings (SSSR count). The van der Waals surface area contributed by atoms with E-state index in [-0.39, 0.29) is 11.3 Å². The van der Waals surface area contributed by atoms with E-state index in [1.807, 2.05) is 6.92 Å². The Morgan fingerprint density at radius 3 is 2.62 bits per heavy atom. The summed E-state index contributed by atoms with van der Waals surface area (Å²) >= 11 is 0. The van der Waals surface area contributed by atoms with Crippen molar-refractivity contribution in [1.29, 1.82) is 5.26 Å². The van der Waals surface area contributed by atoms with Crippen LogP contribution in [-0.4, -0.2) is 17.4 Å². The van der Waals surface area contributed by atoms with Crippen LogP contribution < -0.4 is 5.32 Å². The predicted molar refractivity (Wildman–Crippen MR) is 70.9 cm³/mol. The lowest BCUT2D eigenvalue weighted by atomic mass is 10.1. The number of rotatable bonds is 4. The molecule has 0 fully saturated rings. The number of halogens is 3. The number of hydrogen-bond acceptors (Lipinski definition) is 3. The van der Waals surface area contributed by atoms with Gasteiger partial charge in [-0.05, 0) is 31.1 Å². The van der Waals surface area contributed by atoms with E-state index in [9.17, 15) is 18.0 Å². The van der Waals surface area contributed by atoms with Crippen molar-refractivity contribution in [2.75, 3.05) is 6.54 Å². The number of pyridine rings is 1. The van der Waals surface area contributed by atoms with Gasteiger partial charge in [0.1, 0.15) is 17.3 Å². The number of aryl methyl sites for hydroxylation is 1. The maximum Gasteiger partial charge on any atom is 0.433 e. The van der Waals surface area contributed by atoms with E-state index in [0.717, 1.165) is 6.07 Å². The minimum absolute atomic E-state index is 0.0980. The second kappa shape index (κ2) is 6.88. The molecule has 0 aliphatic carbocycles. The molecule has 0 aliphatic heterocycles. The van der Waals surface area contributed by atoms with Crippen LogP contribution in [0.25, 0.3) is 6.08 Å². The van der Waals surface area contributed by atoms with E-state index < -0.39 is 17.8 Å². The lowest BCUT2D eigenvalue weighted by Gasteiger charge is -2.08. The van der Waals surface area contributed by atoms with Crippen LogP contribution in [0.5, 0.6) is 0 Å². The van der Waals surface area contributed by atoms with Crippen LogP contribution in [0.2, 0.25) is 0 Å². The topological polar surface area (TPSA) is 65.8 Å². The van der Waals surface area contributed by atoms with Gasteiger partial charge in [0, 0.05) is 12.2 Å². The predicted octanol–water partition coefficient (Wildman–Crippen LogP) is 2.84. The molecule has 4 nitrogen and oxygen atoms in total. The molecular formula is C14H14F3N3O. The van der Waals surface area contributed by atoms with Crippen molar-refractivity contribution in [2.24, 2.45) is 0 Å².